The second-order valence-electron chi connectivity index (χ2n) is 5.62. The summed E-state index contributed by atoms with van der Waals surface area (Å²) < 4.78 is 26.7. The van der Waals surface area contributed by atoms with E-state index in [1.54, 1.807) is 45.2 Å². The van der Waals surface area contributed by atoms with Crippen LogP contribution in [-0.4, -0.2) is 45.4 Å². The highest BCUT2D eigenvalue weighted by molar-refractivity contribution is 7.89. The summed E-state index contributed by atoms with van der Waals surface area (Å²) in [7, 11) is -1.91. The van der Waals surface area contributed by atoms with Gasteiger partial charge in [0.2, 0.25) is 15.9 Å². The van der Waals surface area contributed by atoms with Crippen molar-refractivity contribution in [2.75, 3.05) is 20.1 Å². The molecule has 23 heavy (non-hydrogen) atoms. The molecule has 0 aliphatic carbocycles. The molecule has 2 unspecified atom stereocenters. The number of halogens is 1. The van der Waals surface area contributed by atoms with Crippen molar-refractivity contribution >= 4 is 28.3 Å². The first-order valence-corrected chi connectivity index (χ1v) is 8.70. The second kappa shape index (κ2) is 9.22. The van der Waals surface area contributed by atoms with E-state index in [-0.39, 0.29) is 41.7 Å². The smallest absolute Gasteiger partial charge is 0.240 e. The molecular weight excluding hydrogens is 338 g/mol. The van der Waals surface area contributed by atoms with Gasteiger partial charge in [0.1, 0.15) is 0 Å². The number of carbonyl (C=O) groups is 1. The van der Waals surface area contributed by atoms with Crippen LogP contribution in [0.2, 0.25) is 0 Å². The fraction of sp³-hybridized carbons (Fsp3) is 0.533. The number of benzene rings is 1. The third-order valence-corrected chi connectivity index (χ3v) is 5.10. The standard InChI is InChI=1S/C15H25N3O3S.ClH/c1-11-5-7-14(8-6-11)22(20,21)17-9-10-18(4)15(19)12(2)13(3)16;/h5-8,12-13,17H,9-10,16H2,1-4H3;1H. The summed E-state index contributed by atoms with van der Waals surface area (Å²) in [5, 5.41) is 0. The third-order valence-electron chi connectivity index (χ3n) is 3.63. The predicted octanol–water partition coefficient (Wildman–Crippen LogP) is 1.14. The Kier molecular flexibility index (Phi) is 8.76. The summed E-state index contributed by atoms with van der Waals surface area (Å²) in [5.74, 6) is -0.386. The van der Waals surface area contributed by atoms with Crippen LogP contribution in [0, 0.1) is 12.8 Å². The van der Waals surface area contributed by atoms with Crippen LogP contribution < -0.4 is 10.5 Å². The highest BCUT2D eigenvalue weighted by atomic mass is 35.5. The molecule has 0 saturated carbocycles. The quantitative estimate of drug-likeness (QED) is 0.759. The highest BCUT2D eigenvalue weighted by Gasteiger charge is 2.21. The Morgan fingerprint density at radius 1 is 1.26 bits per heavy atom. The minimum Gasteiger partial charge on any atom is -0.344 e. The van der Waals surface area contributed by atoms with Crippen molar-refractivity contribution in [3.8, 4) is 0 Å². The lowest BCUT2D eigenvalue weighted by molar-refractivity contribution is -0.134. The van der Waals surface area contributed by atoms with Crippen LogP contribution in [0.5, 0.6) is 0 Å². The molecule has 0 fully saturated rings. The SMILES string of the molecule is Cc1ccc(S(=O)(=O)NCCN(C)C(=O)C(C)C(C)N)cc1.Cl. The summed E-state index contributed by atoms with van der Waals surface area (Å²) in [6, 6.07) is 6.37. The Hall–Kier alpha value is -1.15. The molecule has 0 radical (unpaired) electrons. The van der Waals surface area contributed by atoms with Crippen LogP contribution in [0.1, 0.15) is 19.4 Å². The molecule has 0 saturated heterocycles. The normalized spacial score (nSPS) is 13.8. The van der Waals surface area contributed by atoms with Crippen LogP contribution >= 0.6 is 12.4 Å². The molecule has 0 aromatic heterocycles. The van der Waals surface area contributed by atoms with Crippen LogP contribution in [0.25, 0.3) is 0 Å². The molecule has 1 rings (SSSR count). The number of sulfonamides is 1. The maximum atomic E-state index is 12.1. The van der Waals surface area contributed by atoms with Crippen molar-refractivity contribution in [2.45, 2.75) is 31.7 Å². The van der Waals surface area contributed by atoms with Gasteiger partial charge in [0.25, 0.3) is 0 Å². The van der Waals surface area contributed by atoms with Crippen LogP contribution in [-0.2, 0) is 14.8 Å². The van der Waals surface area contributed by atoms with E-state index in [4.69, 9.17) is 5.73 Å². The summed E-state index contributed by atoms with van der Waals surface area (Å²) in [5.41, 5.74) is 6.70. The first-order chi connectivity index (χ1) is 10.1. The number of nitrogens with one attached hydrogen (secondary N) is 1. The van der Waals surface area contributed by atoms with Gasteiger partial charge in [-0.15, -0.1) is 12.4 Å². The number of likely N-dealkylation sites (N-methyl/N-ethyl adjacent to an activating group) is 1. The molecule has 3 N–H and O–H groups in total. The van der Waals surface area contributed by atoms with Gasteiger partial charge < -0.3 is 10.6 Å². The monoisotopic (exact) mass is 363 g/mol. The van der Waals surface area contributed by atoms with Crippen molar-refractivity contribution in [1.82, 2.24) is 9.62 Å². The summed E-state index contributed by atoms with van der Waals surface area (Å²) in [4.78, 5) is 13.7. The van der Waals surface area contributed by atoms with E-state index < -0.39 is 10.0 Å². The molecule has 8 heteroatoms. The van der Waals surface area contributed by atoms with Crippen molar-refractivity contribution in [3.05, 3.63) is 29.8 Å². The van der Waals surface area contributed by atoms with Crippen LogP contribution in [0.4, 0.5) is 0 Å². The van der Waals surface area contributed by atoms with Crippen molar-refractivity contribution < 1.29 is 13.2 Å². The summed E-state index contributed by atoms with van der Waals surface area (Å²) >= 11 is 0. The number of nitrogens with zero attached hydrogens (tertiary/aromatic N) is 1. The Labute approximate surface area is 144 Å². The molecule has 0 aliphatic heterocycles. The molecule has 1 aromatic carbocycles. The minimum absolute atomic E-state index is 0. The van der Waals surface area contributed by atoms with Crippen molar-refractivity contribution in [3.63, 3.8) is 0 Å². The topological polar surface area (TPSA) is 92.5 Å². The van der Waals surface area contributed by atoms with E-state index in [0.29, 0.717) is 6.54 Å². The van der Waals surface area contributed by atoms with E-state index in [1.165, 1.54) is 4.90 Å². The Balaban J connectivity index is 0.00000484. The Morgan fingerprint density at radius 2 is 1.78 bits per heavy atom. The largest absolute Gasteiger partial charge is 0.344 e. The number of rotatable bonds is 7. The zero-order valence-corrected chi connectivity index (χ0v) is 15.6. The average Bonchev–Trinajstić information content (AvgIpc) is 2.45. The maximum Gasteiger partial charge on any atom is 0.240 e. The van der Waals surface area contributed by atoms with E-state index >= 15 is 0 Å². The molecule has 1 amide bonds. The fourth-order valence-electron chi connectivity index (χ4n) is 1.83. The lowest BCUT2D eigenvalue weighted by Gasteiger charge is -2.23. The number of amides is 1. The minimum atomic E-state index is -3.55. The molecular formula is C15H26ClN3O3S. The van der Waals surface area contributed by atoms with Gasteiger partial charge in [0, 0.05) is 26.2 Å². The number of hydrogen-bond acceptors (Lipinski definition) is 4. The van der Waals surface area contributed by atoms with E-state index in [2.05, 4.69) is 4.72 Å². The Morgan fingerprint density at radius 3 is 2.26 bits per heavy atom. The molecule has 0 heterocycles. The molecule has 0 spiro atoms. The van der Waals surface area contributed by atoms with Gasteiger partial charge in [0.05, 0.1) is 10.8 Å². The van der Waals surface area contributed by atoms with Crippen LogP contribution in [0.15, 0.2) is 29.2 Å². The van der Waals surface area contributed by atoms with Crippen LogP contribution in [0.3, 0.4) is 0 Å². The van der Waals surface area contributed by atoms with Gasteiger partial charge in [-0.25, -0.2) is 13.1 Å². The number of hydrogen-bond donors (Lipinski definition) is 2. The second-order valence-corrected chi connectivity index (χ2v) is 7.39. The third kappa shape index (κ3) is 6.47. The molecule has 6 nitrogen and oxygen atoms in total. The fourth-order valence-corrected chi connectivity index (χ4v) is 2.85. The molecule has 0 bridgehead atoms. The summed E-state index contributed by atoms with van der Waals surface area (Å²) in [6.07, 6.45) is 0. The average molecular weight is 364 g/mol. The summed E-state index contributed by atoms with van der Waals surface area (Å²) in [6.45, 7) is 5.88. The van der Waals surface area contributed by atoms with Gasteiger partial charge in [-0.2, -0.15) is 0 Å². The van der Waals surface area contributed by atoms with Crippen molar-refractivity contribution in [1.29, 1.82) is 0 Å². The lowest BCUT2D eigenvalue weighted by Crippen LogP contribution is -2.42. The maximum absolute atomic E-state index is 12.1. The van der Waals surface area contributed by atoms with E-state index in [1.807, 2.05) is 6.92 Å². The van der Waals surface area contributed by atoms with E-state index in [9.17, 15) is 13.2 Å². The highest BCUT2D eigenvalue weighted by Crippen LogP contribution is 2.09. The number of carbonyl (C=O) groups excluding carboxylic acids is 1. The lowest BCUT2D eigenvalue weighted by atomic mass is 10.0. The van der Waals surface area contributed by atoms with Gasteiger partial charge in [0.15, 0.2) is 0 Å². The first kappa shape index (κ1) is 21.9. The molecule has 132 valence electrons. The molecule has 1 aromatic rings. The van der Waals surface area contributed by atoms with Gasteiger partial charge in [-0.1, -0.05) is 24.6 Å². The van der Waals surface area contributed by atoms with Gasteiger partial charge in [-0.05, 0) is 26.0 Å². The zero-order valence-electron chi connectivity index (χ0n) is 13.9. The predicted molar refractivity (Wildman–Crippen MR) is 94.1 cm³/mol. The first-order valence-electron chi connectivity index (χ1n) is 7.22. The zero-order chi connectivity index (χ0) is 16.9. The number of nitrogens with two attached hydrogens (primary N) is 1. The Bertz CT molecular complexity index is 603. The van der Waals surface area contributed by atoms with Crippen molar-refractivity contribution in [2.24, 2.45) is 11.7 Å². The van der Waals surface area contributed by atoms with E-state index in [0.717, 1.165) is 5.56 Å². The molecule has 2 atom stereocenters. The number of aryl methyl sites for hydroxylation is 1. The van der Waals surface area contributed by atoms with Gasteiger partial charge in [-0.3, -0.25) is 4.79 Å². The molecule has 0 aliphatic rings. The van der Waals surface area contributed by atoms with Gasteiger partial charge >= 0.3 is 0 Å².